The molecular weight excluding hydrogens is 164 g/mol. The Morgan fingerprint density at radius 1 is 1.55 bits per heavy atom. The van der Waals surface area contributed by atoms with Gasteiger partial charge >= 0.3 is 0 Å². The molecule has 0 aliphatic carbocycles. The van der Waals surface area contributed by atoms with Gasteiger partial charge in [-0.1, -0.05) is 0 Å². The SMILES string of the molecule is CC(=O)C(=O)Sc1ccco1. The van der Waals surface area contributed by atoms with Gasteiger partial charge in [0.1, 0.15) is 0 Å². The molecule has 0 amide bonds. The van der Waals surface area contributed by atoms with Crippen LogP contribution >= 0.6 is 11.8 Å². The molecule has 4 heteroatoms. The zero-order chi connectivity index (χ0) is 8.27. The molecular formula is C7H6O3S. The van der Waals surface area contributed by atoms with E-state index in [2.05, 4.69) is 0 Å². The van der Waals surface area contributed by atoms with Crippen molar-refractivity contribution in [2.75, 3.05) is 0 Å². The number of rotatable bonds is 2. The van der Waals surface area contributed by atoms with Gasteiger partial charge in [0.15, 0.2) is 5.09 Å². The van der Waals surface area contributed by atoms with Crippen LogP contribution in [0.5, 0.6) is 0 Å². The first-order chi connectivity index (χ1) is 5.20. The minimum atomic E-state index is -0.500. The van der Waals surface area contributed by atoms with Crippen LogP contribution in [-0.4, -0.2) is 10.9 Å². The van der Waals surface area contributed by atoms with Crippen molar-refractivity contribution in [1.29, 1.82) is 0 Å². The second-order valence-electron chi connectivity index (χ2n) is 1.88. The molecule has 0 bridgehead atoms. The van der Waals surface area contributed by atoms with Gasteiger partial charge in [-0.3, -0.25) is 9.59 Å². The molecule has 1 heterocycles. The standard InChI is InChI=1S/C7H6O3S/c1-5(8)7(9)11-6-3-2-4-10-6/h2-4H,1H3. The molecule has 1 rings (SSSR count). The quantitative estimate of drug-likeness (QED) is 0.498. The first-order valence-electron chi connectivity index (χ1n) is 2.96. The highest BCUT2D eigenvalue weighted by Gasteiger charge is 2.10. The first kappa shape index (κ1) is 8.07. The number of ketones is 1. The van der Waals surface area contributed by atoms with Gasteiger partial charge in [-0.15, -0.1) is 0 Å². The number of thioether (sulfide) groups is 1. The highest BCUT2D eigenvalue weighted by Crippen LogP contribution is 2.18. The summed E-state index contributed by atoms with van der Waals surface area (Å²) in [6.45, 7) is 1.23. The monoisotopic (exact) mass is 170 g/mol. The van der Waals surface area contributed by atoms with Crippen molar-refractivity contribution in [2.24, 2.45) is 0 Å². The highest BCUT2D eigenvalue weighted by molar-refractivity contribution is 8.15. The molecule has 0 spiro atoms. The zero-order valence-corrected chi connectivity index (χ0v) is 6.68. The summed E-state index contributed by atoms with van der Waals surface area (Å²) < 4.78 is 4.84. The molecule has 11 heavy (non-hydrogen) atoms. The zero-order valence-electron chi connectivity index (χ0n) is 5.87. The number of furan rings is 1. The maximum absolute atomic E-state index is 10.8. The van der Waals surface area contributed by atoms with Gasteiger partial charge in [0, 0.05) is 6.92 Å². The molecule has 0 aromatic carbocycles. The average molecular weight is 170 g/mol. The van der Waals surface area contributed by atoms with Crippen LogP contribution in [0.1, 0.15) is 6.92 Å². The fourth-order valence-corrected chi connectivity index (χ4v) is 1.06. The smallest absolute Gasteiger partial charge is 0.262 e. The van der Waals surface area contributed by atoms with Gasteiger partial charge < -0.3 is 4.42 Å². The molecule has 0 aliphatic heterocycles. The number of Topliss-reactive ketones (excluding diaryl/α,β-unsaturated/α-hetero) is 1. The molecule has 0 saturated heterocycles. The Bertz CT molecular complexity index is 263. The van der Waals surface area contributed by atoms with E-state index in [4.69, 9.17) is 4.42 Å². The Hall–Kier alpha value is -1.03. The summed E-state index contributed by atoms with van der Waals surface area (Å²) in [6.07, 6.45) is 1.45. The maximum atomic E-state index is 10.8. The molecule has 1 aromatic heterocycles. The fraction of sp³-hybridized carbons (Fsp3) is 0.143. The van der Waals surface area contributed by atoms with E-state index in [1.165, 1.54) is 13.2 Å². The molecule has 0 fully saturated rings. The van der Waals surface area contributed by atoms with E-state index in [1.807, 2.05) is 0 Å². The van der Waals surface area contributed by atoms with Crippen LogP contribution < -0.4 is 0 Å². The Morgan fingerprint density at radius 3 is 2.73 bits per heavy atom. The lowest BCUT2D eigenvalue weighted by molar-refractivity contribution is -0.130. The van der Waals surface area contributed by atoms with Crippen molar-refractivity contribution in [3.05, 3.63) is 18.4 Å². The Balaban J connectivity index is 2.57. The summed E-state index contributed by atoms with van der Waals surface area (Å²) in [5.41, 5.74) is 0. The minimum absolute atomic E-state index is 0.449. The summed E-state index contributed by atoms with van der Waals surface area (Å²) in [7, 11) is 0. The van der Waals surface area contributed by atoms with Crippen LogP contribution in [-0.2, 0) is 9.59 Å². The normalized spacial score (nSPS) is 9.55. The van der Waals surface area contributed by atoms with E-state index in [9.17, 15) is 9.59 Å². The van der Waals surface area contributed by atoms with Gasteiger partial charge in [-0.2, -0.15) is 0 Å². The molecule has 0 unspecified atom stereocenters. The van der Waals surface area contributed by atoms with Crippen LogP contribution in [0, 0.1) is 0 Å². The third kappa shape index (κ3) is 2.23. The van der Waals surface area contributed by atoms with Crippen LogP contribution in [0.15, 0.2) is 27.9 Å². The predicted molar refractivity (Wildman–Crippen MR) is 40.3 cm³/mol. The van der Waals surface area contributed by atoms with Crippen LogP contribution in [0.4, 0.5) is 0 Å². The second kappa shape index (κ2) is 3.39. The largest absolute Gasteiger partial charge is 0.458 e. The predicted octanol–water partition coefficient (Wildman–Crippen LogP) is 1.49. The maximum Gasteiger partial charge on any atom is 0.262 e. The Kier molecular flexibility index (Phi) is 2.48. The van der Waals surface area contributed by atoms with Gasteiger partial charge in [-0.25, -0.2) is 0 Å². The van der Waals surface area contributed by atoms with Crippen LogP contribution in [0.3, 0.4) is 0 Å². The molecule has 58 valence electrons. The van der Waals surface area contributed by atoms with Crippen molar-refractivity contribution >= 4 is 22.7 Å². The fourth-order valence-electron chi connectivity index (χ4n) is 0.485. The van der Waals surface area contributed by atoms with E-state index in [1.54, 1.807) is 12.1 Å². The second-order valence-corrected chi connectivity index (χ2v) is 2.86. The number of hydrogen-bond donors (Lipinski definition) is 0. The van der Waals surface area contributed by atoms with E-state index in [0.717, 1.165) is 11.8 Å². The Morgan fingerprint density at radius 2 is 2.27 bits per heavy atom. The molecule has 0 saturated carbocycles. The van der Waals surface area contributed by atoms with Crippen molar-refractivity contribution in [1.82, 2.24) is 0 Å². The van der Waals surface area contributed by atoms with Gasteiger partial charge in [0.2, 0.25) is 5.78 Å². The van der Waals surface area contributed by atoms with Crippen molar-refractivity contribution in [3.8, 4) is 0 Å². The third-order valence-corrected chi connectivity index (χ3v) is 1.88. The summed E-state index contributed by atoms with van der Waals surface area (Å²) in [6, 6.07) is 3.29. The molecule has 3 nitrogen and oxygen atoms in total. The van der Waals surface area contributed by atoms with Crippen molar-refractivity contribution < 1.29 is 14.0 Å². The lowest BCUT2D eigenvalue weighted by atomic mass is 10.5. The third-order valence-electron chi connectivity index (χ3n) is 0.976. The first-order valence-corrected chi connectivity index (χ1v) is 3.78. The highest BCUT2D eigenvalue weighted by atomic mass is 32.2. The topological polar surface area (TPSA) is 47.3 Å². The summed E-state index contributed by atoms with van der Waals surface area (Å²) in [5, 5.41) is -0.0508. The number of carbonyl (C=O) groups excluding carboxylic acids is 2. The molecule has 0 atom stereocenters. The number of hydrogen-bond acceptors (Lipinski definition) is 4. The lowest BCUT2D eigenvalue weighted by Crippen LogP contribution is -2.02. The van der Waals surface area contributed by atoms with E-state index < -0.39 is 10.9 Å². The van der Waals surface area contributed by atoms with E-state index >= 15 is 0 Å². The van der Waals surface area contributed by atoms with Gasteiger partial charge in [0.05, 0.1) is 6.26 Å². The molecule has 0 N–H and O–H groups in total. The van der Waals surface area contributed by atoms with E-state index in [-0.39, 0.29) is 0 Å². The van der Waals surface area contributed by atoms with Gasteiger partial charge in [0.25, 0.3) is 5.12 Å². The molecule has 0 radical (unpaired) electrons. The van der Waals surface area contributed by atoms with Crippen LogP contribution in [0.25, 0.3) is 0 Å². The molecule has 1 aromatic rings. The van der Waals surface area contributed by atoms with E-state index in [0.29, 0.717) is 5.09 Å². The van der Waals surface area contributed by atoms with Gasteiger partial charge in [-0.05, 0) is 23.9 Å². The average Bonchev–Trinajstić information content (AvgIpc) is 2.39. The lowest BCUT2D eigenvalue weighted by Gasteiger charge is -1.89. The summed E-state index contributed by atoms with van der Waals surface area (Å²) in [4.78, 5) is 21.2. The Labute approximate surface area is 67.8 Å². The number of carbonyl (C=O) groups is 2. The van der Waals surface area contributed by atoms with Crippen molar-refractivity contribution in [3.63, 3.8) is 0 Å². The van der Waals surface area contributed by atoms with Crippen LogP contribution in [0.2, 0.25) is 0 Å². The van der Waals surface area contributed by atoms with Crippen molar-refractivity contribution in [2.45, 2.75) is 12.0 Å². The summed E-state index contributed by atoms with van der Waals surface area (Å²) in [5.74, 6) is -0.466. The minimum Gasteiger partial charge on any atom is -0.458 e. The molecule has 0 aliphatic rings. The summed E-state index contributed by atoms with van der Waals surface area (Å²) >= 11 is 0.803.